The predicted molar refractivity (Wildman–Crippen MR) is 254 cm³/mol. The van der Waals surface area contributed by atoms with Crippen LogP contribution in [0.15, 0.2) is 223 Å². The minimum absolute atomic E-state index is 0.593. The van der Waals surface area contributed by atoms with Gasteiger partial charge in [-0.3, -0.25) is 0 Å². The molecule has 3 heterocycles. The van der Waals surface area contributed by atoms with E-state index in [0.29, 0.717) is 17.5 Å². The van der Waals surface area contributed by atoms with Gasteiger partial charge in [0.25, 0.3) is 0 Å². The number of nitrogens with zero attached hydrogens (tertiary/aromatic N) is 4. The van der Waals surface area contributed by atoms with Crippen LogP contribution >= 0.6 is 0 Å². The molecule has 0 saturated carbocycles. The molecule has 0 atom stereocenters. The molecule has 12 rings (SSSR count). The molecule has 12 aromatic rings. The highest BCUT2D eigenvalue weighted by Crippen LogP contribution is 2.44. The first-order chi connectivity index (χ1) is 30.7. The fourth-order valence-corrected chi connectivity index (χ4v) is 8.91. The summed E-state index contributed by atoms with van der Waals surface area (Å²) in [4.78, 5) is 15.5. The zero-order chi connectivity index (χ0) is 41.0. The van der Waals surface area contributed by atoms with Crippen molar-refractivity contribution in [3.8, 4) is 73.2 Å². The molecule has 0 N–H and O–H groups in total. The van der Waals surface area contributed by atoms with Crippen LogP contribution in [-0.2, 0) is 0 Å². The first-order valence-corrected chi connectivity index (χ1v) is 20.9. The smallest absolute Gasteiger partial charge is 0.166 e. The van der Waals surface area contributed by atoms with Crippen molar-refractivity contribution < 1.29 is 4.42 Å². The van der Waals surface area contributed by atoms with Crippen molar-refractivity contribution in [2.75, 3.05) is 0 Å². The van der Waals surface area contributed by atoms with Crippen LogP contribution < -0.4 is 0 Å². The number of rotatable bonds is 7. The number of hydrogen-bond acceptors (Lipinski definition) is 4. The Morgan fingerprint density at radius 1 is 0.290 bits per heavy atom. The van der Waals surface area contributed by atoms with Gasteiger partial charge in [-0.25, -0.2) is 15.0 Å². The monoisotopic (exact) mass is 792 g/mol. The fourth-order valence-electron chi connectivity index (χ4n) is 8.91. The van der Waals surface area contributed by atoms with Crippen LogP contribution in [0, 0.1) is 0 Å². The second-order valence-corrected chi connectivity index (χ2v) is 15.5. The zero-order valence-corrected chi connectivity index (χ0v) is 33.5. The third kappa shape index (κ3) is 5.98. The molecule has 0 bridgehead atoms. The third-order valence-electron chi connectivity index (χ3n) is 11.9. The van der Waals surface area contributed by atoms with Crippen LogP contribution in [0.2, 0.25) is 0 Å². The lowest BCUT2D eigenvalue weighted by atomic mass is 9.99. The zero-order valence-electron chi connectivity index (χ0n) is 33.5. The molecule has 0 fully saturated rings. The maximum Gasteiger partial charge on any atom is 0.166 e. The predicted octanol–water partition coefficient (Wildman–Crippen LogP) is 14.9. The maximum atomic E-state index is 7.06. The fraction of sp³-hybridized carbons (Fsp3) is 0. The summed E-state index contributed by atoms with van der Waals surface area (Å²) in [6.45, 7) is 0. The molecule has 3 aromatic heterocycles. The SMILES string of the molecule is c1ccc(-c2ccc(-c3nc(-c4ccccc4)nc(-c4ccccc4-n4c5ccccc5c5c6oc7c(-c8ccc(-c9ccccc9)cc8)cccc7c6ccc54)n3)cc2)cc1. The molecule has 290 valence electrons. The number of fused-ring (bicyclic) bond motifs is 7. The molecule has 0 radical (unpaired) electrons. The van der Waals surface area contributed by atoms with Crippen LogP contribution in [0.5, 0.6) is 0 Å². The van der Waals surface area contributed by atoms with Gasteiger partial charge in [0.2, 0.25) is 0 Å². The first kappa shape index (κ1) is 35.5. The molecule has 0 amide bonds. The Morgan fingerprint density at radius 3 is 1.44 bits per heavy atom. The van der Waals surface area contributed by atoms with Gasteiger partial charge in [0, 0.05) is 38.4 Å². The van der Waals surface area contributed by atoms with Crippen LogP contribution in [0.1, 0.15) is 0 Å². The summed E-state index contributed by atoms with van der Waals surface area (Å²) in [6, 6.07) is 76.1. The van der Waals surface area contributed by atoms with E-state index >= 15 is 0 Å². The average molecular weight is 793 g/mol. The highest BCUT2D eigenvalue weighted by Gasteiger charge is 2.23. The van der Waals surface area contributed by atoms with Gasteiger partial charge < -0.3 is 8.98 Å². The maximum absolute atomic E-state index is 7.06. The van der Waals surface area contributed by atoms with E-state index in [2.05, 4.69) is 180 Å². The van der Waals surface area contributed by atoms with Crippen LogP contribution in [0.4, 0.5) is 0 Å². The van der Waals surface area contributed by atoms with Crippen molar-refractivity contribution in [1.82, 2.24) is 19.5 Å². The normalized spacial score (nSPS) is 11.5. The Balaban J connectivity index is 1.03. The topological polar surface area (TPSA) is 56.7 Å². The van der Waals surface area contributed by atoms with Crippen molar-refractivity contribution in [2.45, 2.75) is 0 Å². The number of benzene rings is 9. The highest BCUT2D eigenvalue weighted by atomic mass is 16.3. The van der Waals surface area contributed by atoms with Gasteiger partial charge in [-0.05, 0) is 58.1 Å². The van der Waals surface area contributed by atoms with E-state index in [9.17, 15) is 0 Å². The van der Waals surface area contributed by atoms with Crippen molar-refractivity contribution in [3.05, 3.63) is 218 Å². The molecular formula is C57H36N4O. The molecule has 9 aromatic carbocycles. The van der Waals surface area contributed by atoms with E-state index in [-0.39, 0.29) is 0 Å². The lowest BCUT2D eigenvalue weighted by molar-refractivity contribution is 0.674. The second kappa shape index (κ2) is 14.7. The Bertz CT molecular complexity index is 3590. The van der Waals surface area contributed by atoms with Crippen LogP contribution in [0.25, 0.3) is 117 Å². The highest BCUT2D eigenvalue weighted by molar-refractivity contribution is 6.25. The van der Waals surface area contributed by atoms with Gasteiger partial charge in [-0.2, -0.15) is 0 Å². The minimum Gasteiger partial charge on any atom is -0.455 e. The van der Waals surface area contributed by atoms with Crippen molar-refractivity contribution >= 4 is 43.7 Å². The Hall–Kier alpha value is -8.41. The molecule has 62 heavy (non-hydrogen) atoms. The molecule has 5 heteroatoms. The van der Waals surface area contributed by atoms with Crippen molar-refractivity contribution in [2.24, 2.45) is 0 Å². The van der Waals surface area contributed by atoms with E-state index in [1.807, 2.05) is 42.5 Å². The molecule has 0 aliphatic carbocycles. The second-order valence-electron chi connectivity index (χ2n) is 15.5. The molecule has 0 aliphatic rings. The molecule has 0 unspecified atom stereocenters. The quantitative estimate of drug-likeness (QED) is 0.161. The van der Waals surface area contributed by atoms with Crippen molar-refractivity contribution in [3.63, 3.8) is 0 Å². The van der Waals surface area contributed by atoms with Crippen LogP contribution in [0.3, 0.4) is 0 Å². The summed E-state index contributed by atoms with van der Waals surface area (Å²) < 4.78 is 9.39. The Kier molecular flexibility index (Phi) is 8.42. The first-order valence-electron chi connectivity index (χ1n) is 20.9. The molecular weight excluding hydrogens is 757 g/mol. The van der Waals surface area contributed by atoms with Crippen LogP contribution in [-0.4, -0.2) is 19.5 Å². The number of hydrogen-bond donors (Lipinski definition) is 0. The van der Waals surface area contributed by atoms with Crippen molar-refractivity contribution in [1.29, 1.82) is 0 Å². The van der Waals surface area contributed by atoms with Gasteiger partial charge in [-0.15, -0.1) is 0 Å². The van der Waals surface area contributed by atoms with Gasteiger partial charge in [0.1, 0.15) is 11.2 Å². The lowest BCUT2D eigenvalue weighted by Crippen LogP contribution is -2.03. The summed E-state index contributed by atoms with van der Waals surface area (Å²) >= 11 is 0. The van der Waals surface area contributed by atoms with E-state index < -0.39 is 0 Å². The summed E-state index contributed by atoms with van der Waals surface area (Å²) in [5, 5.41) is 4.34. The largest absolute Gasteiger partial charge is 0.455 e. The van der Waals surface area contributed by atoms with E-state index in [4.69, 9.17) is 19.4 Å². The van der Waals surface area contributed by atoms with Gasteiger partial charge in [-0.1, -0.05) is 188 Å². The third-order valence-corrected chi connectivity index (χ3v) is 11.9. The summed E-state index contributed by atoms with van der Waals surface area (Å²) in [7, 11) is 0. The summed E-state index contributed by atoms with van der Waals surface area (Å²) in [5.74, 6) is 1.82. The van der Waals surface area contributed by atoms with E-state index in [1.165, 1.54) is 11.1 Å². The minimum atomic E-state index is 0.593. The number of furan rings is 1. The standard InChI is InChI=1S/C57H36N4O/c1-4-15-37(16-5-1)39-27-31-41(32-28-39)44-23-14-24-45-46-35-36-51-52(54(46)62-53(44)45)47-21-10-12-25-49(47)61(51)50-26-13-11-22-48(50)57-59-55(42-19-8-3-9-20-42)58-56(60-57)43-33-29-40(30-34-43)38-17-6-2-7-18-38/h1-36H. The summed E-state index contributed by atoms with van der Waals surface area (Å²) in [5.41, 5.74) is 14.4. The van der Waals surface area contributed by atoms with E-state index in [1.54, 1.807) is 0 Å². The number of para-hydroxylation sites is 3. The Labute approximate surface area is 357 Å². The van der Waals surface area contributed by atoms with Gasteiger partial charge >= 0.3 is 0 Å². The van der Waals surface area contributed by atoms with E-state index in [0.717, 1.165) is 88.4 Å². The molecule has 0 spiro atoms. The summed E-state index contributed by atoms with van der Waals surface area (Å²) in [6.07, 6.45) is 0. The molecule has 0 saturated heterocycles. The lowest BCUT2D eigenvalue weighted by Gasteiger charge is -2.14. The Morgan fingerprint density at radius 2 is 0.758 bits per heavy atom. The van der Waals surface area contributed by atoms with Gasteiger partial charge in [0.05, 0.1) is 22.1 Å². The average Bonchev–Trinajstić information content (AvgIpc) is 3.91. The van der Waals surface area contributed by atoms with Gasteiger partial charge in [0.15, 0.2) is 17.5 Å². The molecule has 0 aliphatic heterocycles. The number of aromatic nitrogens is 4. The molecule has 5 nitrogen and oxygen atoms in total.